The zero-order valence-corrected chi connectivity index (χ0v) is 19.5. The number of furan rings is 1. The van der Waals surface area contributed by atoms with E-state index >= 15 is 0 Å². The number of ketones is 1. The van der Waals surface area contributed by atoms with Crippen LogP contribution in [0.15, 0.2) is 69.1 Å². The number of aliphatic hydroxyl groups is 1. The van der Waals surface area contributed by atoms with E-state index in [0.717, 1.165) is 10.0 Å². The van der Waals surface area contributed by atoms with Gasteiger partial charge in [0.05, 0.1) is 12.2 Å². The van der Waals surface area contributed by atoms with Crippen molar-refractivity contribution in [3.05, 3.63) is 87.3 Å². The fourth-order valence-electron chi connectivity index (χ4n) is 3.86. The van der Waals surface area contributed by atoms with E-state index in [4.69, 9.17) is 9.15 Å². The molecule has 164 valence electrons. The molecule has 0 radical (unpaired) electrons. The van der Waals surface area contributed by atoms with Crippen LogP contribution in [0.25, 0.3) is 5.76 Å². The van der Waals surface area contributed by atoms with Crippen molar-refractivity contribution < 1.29 is 23.8 Å². The van der Waals surface area contributed by atoms with Crippen LogP contribution in [0.3, 0.4) is 0 Å². The van der Waals surface area contributed by atoms with Crippen molar-refractivity contribution in [2.45, 2.75) is 26.8 Å². The Labute approximate surface area is 194 Å². The van der Waals surface area contributed by atoms with Gasteiger partial charge in [0.1, 0.15) is 29.1 Å². The van der Waals surface area contributed by atoms with Gasteiger partial charge in [-0.15, -0.1) is 0 Å². The summed E-state index contributed by atoms with van der Waals surface area (Å²) in [5.74, 6) is -0.0371. The first kappa shape index (κ1) is 21.9. The van der Waals surface area contributed by atoms with E-state index in [1.807, 2.05) is 19.9 Å². The van der Waals surface area contributed by atoms with Crippen molar-refractivity contribution in [1.82, 2.24) is 0 Å². The minimum atomic E-state index is -0.898. The van der Waals surface area contributed by atoms with E-state index in [1.54, 1.807) is 55.5 Å². The standard InChI is InChI=1S/C25H22BrNO5/c1-4-31-19-11-9-16(12-14(19)2)23(28)21-22(20-10-8-15(3)32-20)27(25(30)24(21)29)18-7-5-6-17(26)13-18/h5-13,22,28H,4H2,1-3H3/b23-21-. The van der Waals surface area contributed by atoms with E-state index in [9.17, 15) is 14.7 Å². The number of carbonyl (C=O) groups excluding carboxylic acids is 2. The lowest BCUT2D eigenvalue weighted by Gasteiger charge is -2.23. The average Bonchev–Trinajstić information content (AvgIpc) is 3.30. The molecule has 0 spiro atoms. The molecule has 3 aromatic rings. The van der Waals surface area contributed by atoms with Crippen molar-refractivity contribution in [3.63, 3.8) is 0 Å². The van der Waals surface area contributed by atoms with Crippen molar-refractivity contribution in [1.29, 1.82) is 0 Å². The quantitative estimate of drug-likeness (QED) is 0.279. The fraction of sp³-hybridized carbons (Fsp3) is 0.200. The summed E-state index contributed by atoms with van der Waals surface area (Å²) in [6.07, 6.45) is 0. The highest BCUT2D eigenvalue weighted by atomic mass is 79.9. The van der Waals surface area contributed by atoms with Gasteiger partial charge in [-0.05, 0) is 74.9 Å². The van der Waals surface area contributed by atoms with Crippen LogP contribution in [-0.4, -0.2) is 23.4 Å². The topological polar surface area (TPSA) is 80.0 Å². The Hall–Kier alpha value is -3.32. The SMILES string of the molecule is CCOc1ccc(/C(O)=C2/C(=O)C(=O)N(c3cccc(Br)c3)C2c2ccc(C)o2)cc1C. The summed E-state index contributed by atoms with van der Waals surface area (Å²) in [5, 5.41) is 11.2. The van der Waals surface area contributed by atoms with Gasteiger partial charge in [0, 0.05) is 15.7 Å². The van der Waals surface area contributed by atoms with E-state index in [1.165, 1.54) is 4.90 Å². The summed E-state index contributed by atoms with van der Waals surface area (Å²) in [6, 6.07) is 14.8. The van der Waals surface area contributed by atoms with Crippen LogP contribution in [0.5, 0.6) is 5.75 Å². The van der Waals surface area contributed by atoms with E-state index in [2.05, 4.69) is 15.9 Å². The lowest BCUT2D eigenvalue weighted by atomic mass is 9.98. The Morgan fingerprint density at radius 1 is 1.12 bits per heavy atom. The molecule has 1 fully saturated rings. The summed E-state index contributed by atoms with van der Waals surface area (Å²) in [6.45, 7) is 6.05. The number of rotatable bonds is 5. The second-order valence-electron chi connectivity index (χ2n) is 7.51. The molecule has 0 aliphatic carbocycles. The van der Waals surface area contributed by atoms with Gasteiger partial charge < -0.3 is 14.3 Å². The van der Waals surface area contributed by atoms with Crippen LogP contribution in [0.1, 0.15) is 35.6 Å². The number of nitrogens with zero attached hydrogens (tertiary/aromatic N) is 1. The number of benzene rings is 2. The van der Waals surface area contributed by atoms with E-state index in [0.29, 0.717) is 35.1 Å². The van der Waals surface area contributed by atoms with Gasteiger partial charge in [-0.2, -0.15) is 0 Å². The Kier molecular flexibility index (Phi) is 5.93. The highest BCUT2D eigenvalue weighted by molar-refractivity contribution is 9.10. The third kappa shape index (κ3) is 3.84. The fourth-order valence-corrected chi connectivity index (χ4v) is 4.25. The molecule has 0 saturated carbocycles. The molecule has 1 unspecified atom stereocenters. The minimum absolute atomic E-state index is 0.0205. The smallest absolute Gasteiger partial charge is 0.300 e. The molecule has 2 aromatic carbocycles. The zero-order chi connectivity index (χ0) is 23.0. The third-order valence-corrected chi connectivity index (χ3v) is 5.80. The largest absolute Gasteiger partial charge is 0.507 e. The Balaban J connectivity index is 1.90. The molecule has 1 aliphatic heterocycles. The number of hydrogen-bond acceptors (Lipinski definition) is 5. The summed E-state index contributed by atoms with van der Waals surface area (Å²) in [5.41, 5.74) is 1.73. The van der Waals surface area contributed by atoms with E-state index in [-0.39, 0.29) is 11.3 Å². The van der Waals surface area contributed by atoms with Gasteiger partial charge in [-0.1, -0.05) is 22.0 Å². The number of aliphatic hydroxyl groups excluding tert-OH is 1. The van der Waals surface area contributed by atoms with Crippen LogP contribution in [0.4, 0.5) is 5.69 Å². The number of amides is 1. The predicted molar refractivity (Wildman–Crippen MR) is 125 cm³/mol. The Morgan fingerprint density at radius 3 is 2.53 bits per heavy atom. The molecule has 0 bridgehead atoms. The Bertz CT molecular complexity index is 1240. The first-order valence-corrected chi connectivity index (χ1v) is 11.0. The lowest BCUT2D eigenvalue weighted by Crippen LogP contribution is -2.29. The number of hydrogen-bond donors (Lipinski definition) is 1. The number of halogens is 1. The molecule has 1 aliphatic rings. The number of Topliss-reactive ketones (excluding diaryl/α,β-unsaturated/α-hetero) is 1. The van der Waals surface area contributed by atoms with Gasteiger partial charge >= 0.3 is 0 Å². The highest BCUT2D eigenvalue weighted by Gasteiger charge is 2.48. The molecule has 1 N–H and O–H groups in total. The second-order valence-corrected chi connectivity index (χ2v) is 8.43. The normalized spacial score (nSPS) is 17.8. The molecule has 1 atom stereocenters. The number of carbonyl (C=O) groups is 2. The average molecular weight is 496 g/mol. The molecule has 7 heteroatoms. The number of anilines is 1. The molecular weight excluding hydrogens is 474 g/mol. The molecule has 4 rings (SSSR count). The van der Waals surface area contributed by atoms with Gasteiger partial charge in [-0.3, -0.25) is 14.5 Å². The maximum absolute atomic E-state index is 13.1. The maximum Gasteiger partial charge on any atom is 0.300 e. The number of ether oxygens (including phenoxy) is 1. The zero-order valence-electron chi connectivity index (χ0n) is 17.9. The Morgan fingerprint density at radius 2 is 1.91 bits per heavy atom. The molecule has 1 saturated heterocycles. The van der Waals surface area contributed by atoms with Gasteiger partial charge in [0.25, 0.3) is 11.7 Å². The highest BCUT2D eigenvalue weighted by Crippen LogP contribution is 2.43. The summed E-state index contributed by atoms with van der Waals surface area (Å²) >= 11 is 3.41. The molecule has 2 heterocycles. The summed E-state index contributed by atoms with van der Waals surface area (Å²) < 4.78 is 12.1. The van der Waals surface area contributed by atoms with Crippen LogP contribution in [-0.2, 0) is 9.59 Å². The molecule has 1 aromatic heterocycles. The van der Waals surface area contributed by atoms with Crippen LogP contribution >= 0.6 is 15.9 Å². The first-order valence-electron chi connectivity index (χ1n) is 10.2. The minimum Gasteiger partial charge on any atom is -0.507 e. The monoisotopic (exact) mass is 495 g/mol. The van der Waals surface area contributed by atoms with Gasteiger partial charge in [0.2, 0.25) is 0 Å². The molecule has 32 heavy (non-hydrogen) atoms. The molecule has 1 amide bonds. The van der Waals surface area contributed by atoms with Crippen LogP contribution < -0.4 is 9.64 Å². The van der Waals surface area contributed by atoms with Crippen LogP contribution in [0, 0.1) is 13.8 Å². The van der Waals surface area contributed by atoms with Gasteiger partial charge in [-0.25, -0.2) is 0 Å². The summed E-state index contributed by atoms with van der Waals surface area (Å²) in [4.78, 5) is 27.6. The first-order chi connectivity index (χ1) is 15.3. The maximum atomic E-state index is 13.1. The van der Waals surface area contributed by atoms with Crippen molar-refractivity contribution in [2.75, 3.05) is 11.5 Å². The third-order valence-electron chi connectivity index (χ3n) is 5.31. The second kappa shape index (κ2) is 8.67. The van der Waals surface area contributed by atoms with Gasteiger partial charge in [0.15, 0.2) is 0 Å². The van der Waals surface area contributed by atoms with Crippen LogP contribution in [0.2, 0.25) is 0 Å². The molecular formula is C25H22BrNO5. The van der Waals surface area contributed by atoms with E-state index < -0.39 is 17.7 Å². The lowest BCUT2D eigenvalue weighted by molar-refractivity contribution is -0.132. The molecule has 6 nitrogen and oxygen atoms in total. The summed E-state index contributed by atoms with van der Waals surface area (Å²) in [7, 11) is 0. The van der Waals surface area contributed by atoms with Crippen molar-refractivity contribution in [3.8, 4) is 5.75 Å². The van der Waals surface area contributed by atoms with Crippen molar-refractivity contribution >= 4 is 39.1 Å². The van der Waals surface area contributed by atoms with Crippen molar-refractivity contribution in [2.24, 2.45) is 0 Å². The predicted octanol–water partition coefficient (Wildman–Crippen LogP) is 5.68. The number of aryl methyl sites for hydroxylation is 2.